The van der Waals surface area contributed by atoms with Gasteiger partial charge in [0.15, 0.2) is 0 Å². The molecule has 1 aromatic heterocycles. The van der Waals surface area contributed by atoms with Crippen LogP contribution >= 0.6 is 11.6 Å². The van der Waals surface area contributed by atoms with E-state index in [1.807, 2.05) is 12.1 Å². The average molecular weight is 352 g/mol. The lowest BCUT2D eigenvalue weighted by atomic mass is 10.1. The summed E-state index contributed by atoms with van der Waals surface area (Å²) in [5.74, 6) is 0.473. The number of carbonyl (C=O) groups is 1. The molecule has 2 N–H and O–H groups in total. The summed E-state index contributed by atoms with van der Waals surface area (Å²) in [5, 5.41) is 6.52. The number of hydrogen-bond acceptors (Lipinski definition) is 3. The van der Waals surface area contributed by atoms with Crippen molar-refractivity contribution in [3.8, 4) is 0 Å². The number of aromatic nitrogens is 1. The highest BCUT2D eigenvalue weighted by Crippen LogP contribution is 2.21. The van der Waals surface area contributed by atoms with Gasteiger partial charge in [-0.25, -0.2) is 4.98 Å². The molecule has 2 aromatic carbocycles. The largest absolute Gasteiger partial charge is 0.366 e. The molecular weight excluding hydrogens is 334 g/mol. The zero-order chi connectivity index (χ0) is 17.6. The molecule has 126 valence electrons. The van der Waals surface area contributed by atoms with Crippen LogP contribution in [0.1, 0.15) is 21.5 Å². The van der Waals surface area contributed by atoms with Crippen molar-refractivity contribution < 1.29 is 4.79 Å². The van der Waals surface area contributed by atoms with Gasteiger partial charge in [-0.1, -0.05) is 53.6 Å². The lowest BCUT2D eigenvalue weighted by Crippen LogP contribution is -2.12. The predicted molar refractivity (Wildman–Crippen MR) is 102 cm³/mol. The highest BCUT2D eigenvalue weighted by atomic mass is 35.5. The fraction of sp³-hybridized carbons (Fsp3) is 0.100. The first-order valence-electron chi connectivity index (χ1n) is 7.93. The van der Waals surface area contributed by atoms with Crippen molar-refractivity contribution in [1.29, 1.82) is 0 Å². The molecule has 0 fully saturated rings. The number of nitrogens with one attached hydrogen (secondary N) is 2. The van der Waals surface area contributed by atoms with Crippen molar-refractivity contribution >= 4 is 29.0 Å². The van der Waals surface area contributed by atoms with E-state index in [4.69, 9.17) is 11.6 Å². The Balaban J connectivity index is 1.60. The van der Waals surface area contributed by atoms with E-state index in [1.165, 1.54) is 11.1 Å². The molecule has 0 atom stereocenters. The van der Waals surface area contributed by atoms with Crippen molar-refractivity contribution in [3.63, 3.8) is 0 Å². The molecule has 0 spiro atoms. The van der Waals surface area contributed by atoms with Gasteiger partial charge in [-0.3, -0.25) is 4.79 Å². The van der Waals surface area contributed by atoms with E-state index in [2.05, 4.69) is 46.8 Å². The third-order valence-corrected chi connectivity index (χ3v) is 4.07. The number of rotatable bonds is 5. The first kappa shape index (κ1) is 17.0. The van der Waals surface area contributed by atoms with Crippen molar-refractivity contribution in [2.24, 2.45) is 0 Å². The topological polar surface area (TPSA) is 54.0 Å². The molecule has 3 rings (SSSR count). The Hall–Kier alpha value is -2.85. The third-order valence-electron chi connectivity index (χ3n) is 3.74. The molecule has 25 heavy (non-hydrogen) atoms. The number of anilines is 2. The van der Waals surface area contributed by atoms with E-state index in [0.717, 1.165) is 5.82 Å². The number of carbonyl (C=O) groups excluding carboxylic acids is 1. The molecule has 0 bridgehead atoms. The number of aryl methyl sites for hydroxylation is 1. The van der Waals surface area contributed by atoms with Gasteiger partial charge in [-0.05, 0) is 36.8 Å². The van der Waals surface area contributed by atoms with Crippen LogP contribution in [-0.4, -0.2) is 10.9 Å². The molecule has 1 heterocycles. The minimum absolute atomic E-state index is 0.245. The van der Waals surface area contributed by atoms with Crippen LogP contribution in [0.2, 0.25) is 5.02 Å². The van der Waals surface area contributed by atoms with Crippen LogP contribution in [0, 0.1) is 6.92 Å². The molecule has 0 unspecified atom stereocenters. The van der Waals surface area contributed by atoms with E-state index < -0.39 is 0 Å². The van der Waals surface area contributed by atoms with Gasteiger partial charge in [0.1, 0.15) is 5.82 Å². The highest BCUT2D eigenvalue weighted by molar-refractivity contribution is 6.33. The highest BCUT2D eigenvalue weighted by Gasteiger charge is 2.08. The Morgan fingerprint density at radius 3 is 2.48 bits per heavy atom. The Morgan fingerprint density at radius 1 is 1.04 bits per heavy atom. The number of nitrogens with zero attached hydrogens (tertiary/aromatic N) is 1. The van der Waals surface area contributed by atoms with Crippen molar-refractivity contribution in [2.75, 3.05) is 10.6 Å². The quantitative estimate of drug-likeness (QED) is 0.686. The Labute approximate surface area is 151 Å². The van der Waals surface area contributed by atoms with E-state index >= 15 is 0 Å². The van der Waals surface area contributed by atoms with E-state index in [0.29, 0.717) is 22.8 Å². The number of para-hydroxylation sites is 1. The molecular formula is C20H18ClN3O. The van der Waals surface area contributed by atoms with Crippen LogP contribution in [-0.2, 0) is 6.54 Å². The van der Waals surface area contributed by atoms with Crippen LogP contribution in [0.4, 0.5) is 11.5 Å². The summed E-state index contributed by atoms with van der Waals surface area (Å²) in [6.07, 6.45) is 1.55. The second-order valence-corrected chi connectivity index (χ2v) is 6.11. The third kappa shape index (κ3) is 4.58. The van der Waals surface area contributed by atoms with E-state index in [-0.39, 0.29) is 5.91 Å². The Kier molecular flexibility index (Phi) is 5.31. The van der Waals surface area contributed by atoms with Gasteiger partial charge in [-0.15, -0.1) is 0 Å². The van der Waals surface area contributed by atoms with Crippen LogP contribution in [0.15, 0.2) is 66.9 Å². The smallest absolute Gasteiger partial charge is 0.257 e. The molecule has 0 aliphatic rings. The van der Waals surface area contributed by atoms with Gasteiger partial charge >= 0.3 is 0 Å². The lowest BCUT2D eigenvalue weighted by molar-refractivity contribution is 0.102. The Morgan fingerprint density at radius 2 is 1.80 bits per heavy atom. The number of pyridine rings is 1. The minimum atomic E-state index is -0.245. The summed E-state index contributed by atoms with van der Waals surface area (Å²) in [4.78, 5) is 16.6. The maximum Gasteiger partial charge on any atom is 0.257 e. The number of halogens is 1. The fourth-order valence-corrected chi connectivity index (χ4v) is 2.47. The summed E-state index contributed by atoms with van der Waals surface area (Å²) >= 11 is 6.05. The first-order chi connectivity index (χ1) is 12.1. The lowest BCUT2D eigenvalue weighted by Gasteiger charge is -2.08. The summed E-state index contributed by atoms with van der Waals surface area (Å²) in [6.45, 7) is 2.74. The Bertz CT molecular complexity index is 861. The SMILES string of the molecule is Cc1ccc(CNc2ccc(C(=O)Nc3ccccc3Cl)cn2)cc1. The van der Waals surface area contributed by atoms with Gasteiger partial charge in [0.05, 0.1) is 16.3 Å². The first-order valence-corrected chi connectivity index (χ1v) is 8.31. The number of hydrogen-bond donors (Lipinski definition) is 2. The molecule has 1 amide bonds. The molecule has 0 saturated carbocycles. The van der Waals surface area contributed by atoms with Gasteiger partial charge in [-0.2, -0.15) is 0 Å². The molecule has 5 heteroatoms. The summed E-state index contributed by atoms with van der Waals surface area (Å²) in [6, 6.07) is 18.9. The van der Waals surface area contributed by atoms with Crippen molar-refractivity contribution in [3.05, 3.63) is 88.6 Å². The monoisotopic (exact) mass is 351 g/mol. The summed E-state index contributed by atoms with van der Waals surface area (Å²) in [7, 11) is 0. The maximum atomic E-state index is 12.3. The molecule has 4 nitrogen and oxygen atoms in total. The number of benzene rings is 2. The predicted octanol–water partition coefficient (Wildman–Crippen LogP) is 4.91. The molecule has 0 aliphatic carbocycles. The average Bonchev–Trinajstić information content (AvgIpc) is 2.63. The molecule has 0 radical (unpaired) electrons. The van der Waals surface area contributed by atoms with Crippen LogP contribution in [0.3, 0.4) is 0 Å². The van der Waals surface area contributed by atoms with Crippen molar-refractivity contribution in [2.45, 2.75) is 13.5 Å². The van der Waals surface area contributed by atoms with Crippen LogP contribution < -0.4 is 10.6 Å². The van der Waals surface area contributed by atoms with Crippen molar-refractivity contribution in [1.82, 2.24) is 4.98 Å². The summed E-state index contributed by atoms with van der Waals surface area (Å²) < 4.78 is 0. The van der Waals surface area contributed by atoms with Gasteiger partial charge in [0.25, 0.3) is 5.91 Å². The molecule has 0 saturated heterocycles. The van der Waals surface area contributed by atoms with E-state index in [1.54, 1.807) is 30.5 Å². The van der Waals surface area contributed by atoms with Gasteiger partial charge in [0, 0.05) is 12.7 Å². The maximum absolute atomic E-state index is 12.3. The van der Waals surface area contributed by atoms with Crippen LogP contribution in [0.5, 0.6) is 0 Å². The fourth-order valence-electron chi connectivity index (χ4n) is 2.29. The minimum Gasteiger partial charge on any atom is -0.366 e. The second-order valence-electron chi connectivity index (χ2n) is 5.71. The van der Waals surface area contributed by atoms with E-state index in [9.17, 15) is 4.79 Å². The molecule has 3 aromatic rings. The zero-order valence-electron chi connectivity index (χ0n) is 13.8. The molecule has 0 aliphatic heterocycles. The second kappa shape index (κ2) is 7.81. The van der Waals surface area contributed by atoms with Crippen LogP contribution in [0.25, 0.3) is 0 Å². The standard InChI is InChI=1S/C20H18ClN3O/c1-14-6-8-15(9-7-14)12-22-19-11-10-16(13-23-19)20(25)24-18-5-3-2-4-17(18)21/h2-11,13H,12H2,1H3,(H,22,23)(H,24,25). The summed E-state index contributed by atoms with van der Waals surface area (Å²) in [5.41, 5.74) is 3.46. The van der Waals surface area contributed by atoms with Gasteiger partial charge in [0.2, 0.25) is 0 Å². The normalized spacial score (nSPS) is 10.3. The van der Waals surface area contributed by atoms with Gasteiger partial charge < -0.3 is 10.6 Å². The zero-order valence-corrected chi connectivity index (χ0v) is 14.5. The number of amides is 1.